The molecule has 3 aliphatic rings. The number of hydrazone groups is 1. The van der Waals surface area contributed by atoms with Gasteiger partial charge < -0.3 is 14.8 Å². The molecule has 0 aromatic heterocycles. The Hall–Kier alpha value is -3.32. The van der Waals surface area contributed by atoms with Crippen LogP contribution in [0.1, 0.15) is 34.7 Å². The zero-order chi connectivity index (χ0) is 22.0. The number of ether oxygens (including phenoxy) is 2. The lowest BCUT2D eigenvalue weighted by Crippen LogP contribution is -2.55. The van der Waals surface area contributed by atoms with Crippen LogP contribution in [-0.4, -0.2) is 23.7 Å². The van der Waals surface area contributed by atoms with Crippen LogP contribution >= 0.6 is 15.9 Å². The average Bonchev–Trinajstić information content (AvgIpc) is 3.36. The van der Waals surface area contributed by atoms with E-state index in [9.17, 15) is 4.79 Å². The van der Waals surface area contributed by atoms with Crippen molar-refractivity contribution >= 4 is 33.2 Å². The molecule has 2 atom stereocenters. The predicted octanol–water partition coefficient (Wildman–Crippen LogP) is 5.11. The fraction of sp³-hybridized carbons (Fsp3) is 0.200. The number of carbonyl (C=O) groups is 1. The third kappa shape index (κ3) is 2.64. The minimum absolute atomic E-state index is 0.134. The average molecular weight is 490 g/mol. The Balaban J connectivity index is 1.55. The second kappa shape index (κ2) is 6.84. The lowest BCUT2D eigenvalue weighted by molar-refractivity contribution is -0.161. The number of methoxy groups -OCH3 is 1. The van der Waals surface area contributed by atoms with Crippen LogP contribution in [0, 0.1) is 6.92 Å². The van der Waals surface area contributed by atoms with Crippen molar-refractivity contribution in [3.8, 4) is 11.5 Å². The van der Waals surface area contributed by atoms with Gasteiger partial charge in [0, 0.05) is 16.5 Å². The molecule has 3 aliphatic heterocycles. The number of carbonyl (C=O) groups excluding carboxylic acids is 1. The number of nitrogens with zero attached hydrogens (tertiary/aromatic N) is 2. The quantitative estimate of drug-likeness (QED) is 0.542. The van der Waals surface area contributed by atoms with Crippen LogP contribution in [0.3, 0.4) is 0 Å². The number of nitrogens with one attached hydrogen (secondary N) is 1. The zero-order valence-corrected chi connectivity index (χ0v) is 19.1. The van der Waals surface area contributed by atoms with Crippen LogP contribution in [0.25, 0.3) is 0 Å². The number of aryl methyl sites for hydroxylation is 1. The first-order valence-corrected chi connectivity index (χ1v) is 11.2. The van der Waals surface area contributed by atoms with Gasteiger partial charge in [-0.05, 0) is 67.1 Å². The molecule has 32 heavy (non-hydrogen) atoms. The van der Waals surface area contributed by atoms with Gasteiger partial charge in [-0.25, -0.2) is 5.01 Å². The number of rotatable bonds is 2. The molecule has 6 nitrogen and oxygen atoms in total. The molecular weight excluding hydrogens is 470 g/mol. The largest absolute Gasteiger partial charge is 0.497 e. The summed E-state index contributed by atoms with van der Waals surface area (Å²) in [5.41, 5.74) is 4.16. The summed E-state index contributed by atoms with van der Waals surface area (Å²) in [5.74, 6) is 1.26. The minimum Gasteiger partial charge on any atom is -0.497 e. The minimum atomic E-state index is -1.35. The van der Waals surface area contributed by atoms with Crippen molar-refractivity contribution in [2.24, 2.45) is 5.10 Å². The van der Waals surface area contributed by atoms with E-state index in [4.69, 9.17) is 14.6 Å². The molecule has 1 N–H and O–H groups in total. The number of fused-ring (bicyclic) bond motifs is 6. The van der Waals surface area contributed by atoms with Gasteiger partial charge in [-0.3, -0.25) is 4.79 Å². The molecule has 7 heteroatoms. The van der Waals surface area contributed by atoms with Crippen molar-refractivity contribution in [2.45, 2.75) is 25.1 Å². The monoisotopic (exact) mass is 489 g/mol. The maximum atomic E-state index is 13.5. The predicted molar refractivity (Wildman–Crippen MR) is 125 cm³/mol. The summed E-state index contributed by atoms with van der Waals surface area (Å²) in [6.45, 7) is 2.01. The van der Waals surface area contributed by atoms with Gasteiger partial charge in [0.25, 0.3) is 5.91 Å². The Morgan fingerprint density at radius 2 is 1.97 bits per heavy atom. The molecule has 6 rings (SSSR count). The molecule has 1 amide bonds. The fourth-order valence-electron chi connectivity index (χ4n) is 4.78. The third-order valence-corrected chi connectivity index (χ3v) is 6.83. The molecule has 3 aromatic rings. The SMILES string of the molecule is COc1ccc(C2=NN3[C@@H](C2)c2cc(Br)ccc2O[C@]32C(=O)Nc3ccc(C)cc32)cc1. The van der Waals surface area contributed by atoms with Crippen LogP contribution in [0.15, 0.2) is 70.2 Å². The van der Waals surface area contributed by atoms with Crippen molar-refractivity contribution in [2.75, 3.05) is 12.4 Å². The topological polar surface area (TPSA) is 63.2 Å². The van der Waals surface area contributed by atoms with E-state index in [0.29, 0.717) is 12.2 Å². The van der Waals surface area contributed by atoms with Crippen molar-refractivity contribution in [3.63, 3.8) is 0 Å². The first kappa shape index (κ1) is 19.4. The van der Waals surface area contributed by atoms with E-state index in [1.54, 1.807) is 7.11 Å². The highest BCUT2D eigenvalue weighted by molar-refractivity contribution is 9.10. The molecule has 0 fully saturated rings. The van der Waals surface area contributed by atoms with Gasteiger partial charge in [0.1, 0.15) is 11.5 Å². The lowest BCUT2D eigenvalue weighted by Gasteiger charge is -2.44. The van der Waals surface area contributed by atoms with Crippen molar-refractivity contribution in [1.29, 1.82) is 0 Å². The molecule has 0 unspecified atom stereocenters. The summed E-state index contributed by atoms with van der Waals surface area (Å²) in [5, 5.41) is 9.84. The molecule has 0 aliphatic carbocycles. The van der Waals surface area contributed by atoms with Crippen LogP contribution in [0.2, 0.25) is 0 Å². The molecule has 160 valence electrons. The second-order valence-electron chi connectivity index (χ2n) is 8.27. The Labute approximate surface area is 194 Å². The Morgan fingerprint density at radius 1 is 1.16 bits per heavy atom. The molecule has 0 radical (unpaired) electrons. The van der Waals surface area contributed by atoms with Crippen LogP contribution < -0.4 is 14.8 Å². The molecule has 0 saturated carbocycles. The van der Waals surface area contributed by atoms with Gasteiger partial charge in [-0.2, -0.15) is 5.10 Å². The van der Waals surface area contributed by atoms with Gasteiger partial charge in [0.15, 0.2) is 0 Å². The molecule has 3 heterocycles. The second-order valence-corrected chi connectivity index (χ2v) is 9.19. The zero-order valence-electron chi connectivity index (χ0n) is 17.6. The maximum absolute atomic E-state index is 13.5. The molecule has 1 spiro atoms. The van der Waals surface area contributed by atoms with Crippen LogP contribution in [0.5, 0.6) is 11.5 Å². The van der Waals surface area contributed by atoms with E-state index >= 15 is 0 Å². The Bertz CT molecular complexity index is 1300. The summed E-state index contributed by atoms with van der Waals surface area (Å²) in [6, 6.07) is 19.5. The number of amides is 1. The Kier molecular flexibility index (Phi) is 4.14. The number of benzene rings is 3. The Morgan fingerprint density at radius 3 is 2.75 bits per heavy atom. The van der Waals surface area contributed by atoms with Crippen molar-refractivity contribution in [3.05, 3.63) is 87.4 Å². The van der Waals surface area contributed by atoms with Gasteiger partial charge in [-0.15, -0.1) is 0 Å². The third-order valence-electron chi connectivity index (χ3n) is 6.34. The van der Waals surface area contributed by atoms with Crippen molar-refractivity contribution < 1.29 is 14.3 Å². The van der Waals surface area contributed by atoms with Crippen LogP contribution in [-0.2, 0) is 10.5 Å². The first-order chi connectivity index (χ1) is 15.5. The number of hydrogen-bond donors (Lipinski definition) is 1. The highest BCUT2D eigenvalue weighted by atomic mass is 79.9. The van der Waals surface area contributed by atoms with E-state index in [2.05, 4.69) is 27.3 Å². The number of anilines is 1. The number of halogens is 1. The van der Waals surface area contributed by atoms with E-state index < -0.39 is 5.72 Å². The first-order valence-electron chi connectivity index (χ1n) is 10.4. The smallest absolute Gasteiger partial charge is 0.306 e. The highest BCUT2D eigenvalue weighted by Gasteiger charge is 2.60. The van der Waals surface area contributed by atoms with Crippen molar-refractivity contribution in [1.82, 2.24) is 5.01 Å². The normalized spacial score (nSPS) is 22.6. The summed E-state index contributed by atoms with van der Waals surface area (Å²) in [7, 11) is 1.65. The maximum Gasteiger partial charge on any atom is 0.306 e. The van der Waals surface area contributed by atoms with E-state index in [0.717, 1.165) is 43.9 Å². The summed E-state index contributed by atoms with van der Waals surface area (Å²) in [6.07, 6.45) is 0.662. The lowest BCUT2D eigenvalue weighted by atomic mass is 9.92. The van der Waals surface area contributed by atoms with Crippen LogP contribution in [0.4, 0.5) is 5.69 Å². The number of hydrogen-bond acceptors (Lipinski definition) is 5. The van der Waals surface area contributed by atoms with Gasteiger partial charge >= 0.3 is 5.72 Å². The standard InChI is InChI=1S/C25H20BrN3O3/c1-14-3-9-20-19(11-14)25(24(30)27-20)29-22(18-12-16(26)6-10-23(18)32-25)13-21(28-29)15-4-7-17(31-2)8-5-15/h3-12,22H,13H2,1-2H3,(H,27,30)/t22-,25+/m0/s1. The molecular formula is C25H20BrN3O3. The highest BCUT2D eigenvalue weighted by Crippen LogP contribution is 2.54. The van der Waals surface area contributed by atoms with Gasteiger partial charge in [0.05, 0.1) is 30.1 Å². The molecule has 0 bridgehead atoms. The van der Waals surface area contributed by atoms with Gasteiger partial charge in [0.2, 0.25) is 0 Å². The van der Waals surface area contributed by atoms with E-state index in [1.807, 2.05) is 66.5 Å². The summed E-state index contributed by atoms with van der Waals surface area (Å²) in [4.78, 5) is 13.5. The summed E-state index contributed by atoms with van der Waals surface area (Å²) < 4.78 is 12.8. The fourth-order valence-corrected chi connectivity index (χ4v) is 5.16. The molecule has 0 saturated heterocycles. The molecule has 3 aromatic carbocycles. The van der Waals surface area contributed by atoms with E-state index in [-0.39, 0.29) is 11.9 Å². The summed E-state index contributed by atoms with van der Waals surface area (Å²) >= 11 is 3.58. The van der Waals surface area contributed by atoms with Gasteiger partial charge in [-0.1, -0.05) is 27.6 Å². The van der Waals surface area contributed by atoms with E-state index in [1.165, 1.54) is 0 Å².